The van der Waals surface area contributed by atoms with E-state index in [1.54, 1.807) is 0 Å². The average Bonchev–Trinajstić information content (AvgIpc) is 2.73. The number of nitriles is 1. The van der Waals surface area contributed by atoms with Gasteiger partial charge in [0.1, 0.15) is 16.6 Å². The standard InChI is InChI=1S/C10H15N5OS/c1-4-15(5-2)8-7(6-11)9(17-14-8)13-10(16)12-3/h4-5H2,1-3H3,(H2,12,13,16). The molecule has 0 saturated heterocycles. The highest BCUT2D eigenvalue weighted by Crippen LogP contribution is 2.30. The van der Waals surface area contributed by atoms with Crippen molar-refractivity contribution in [2.45, 2.75) is 13.8 Å². The second kappa shape index (κ2) is 6.06. The van der Waals surface area contributed by atoms with Crippen LogP contribution in [0.25, 0.3) is 0 Å². The minimum absolute atomic E-state index is 0.351. The molecule has 0 saturated carbocycles. The molecule has 2 N–H and O–H groups in total. The van der Waals surface area contributed by atoms with Crippen molar-refractivity contribution in [3.63, 3.8) is 0 Å². The molecule has 0 radical (unpaired) electrons. The number of nitrogens with one attached hydrogen (secondary N) is 2. The van der Waals surface area contributed by atoms with Crippen LogP contribution in [0.5, 0.6) is 0 Å². The van der Waals surface area contributed by atoms with Crippen LogP contribution >= 0.6 is 11.5 Å². The van der Waals surface area contributed by atoms with Gasteiger partial charge in [0.15, 0.2) is 5.82 Å². The molecule has 1 aromatic rings. The second-order valence-electron chi connectivity index (χ2n) is 3.20. The van der Waals surface area contributed by atoms with E-state index in [2.05, 4.69) is 21.1 Å². The van der Waals surface area contributed by atoms with Gasteiger partial charge in [-0.25, -0.2) is 4.79 Å². The Morgan fingerprint density at radius 1 is 1.53 bits per heavy atom. The van der Waals surface area contributed by atoms with Crippen LogP contribution in [-0.2, 0) is 0 Å². The summed E-state index contributed by atoms with van der Waals surface area (Å²) in [5.41, 5.74) is 0.419. The molecule has 17 heavy (non-hydrogen) atoms. The number of nitrogens with zero attached hydrogens (tertiary/aromatic N) is 3. The molecule has 0 aliphatic rings. The summed E-state index contributed by atoms with van der Waals surface area (Å²) in [5, 5.41) is 14.6. The first-order valence-electron chi connectivity index (χ1n) is 5.31. The summed E-state index contributed by atoms with van der Waals surface area (Å²) in [7, 11) is 1.52. The normalized spacial score (nSPS) is 9.53. The van der Waals surface area contributed by atoms with Gasteiger partial charge in [-0.1, -0.05) is 0 Å². The molecule has 92 valence electrons. The van der Waals surface area contributed by atoms with Gasteiger partial charge < -0.3 is 10.2 Å². The monoisotopic (exact) mass is 253 g/mol. The Morgan fingerprint density at radius 3 is 2.65 bits per heavy atom. The van der Waals surface area contributed by atoms with Gasteiger partial charge >= 0.3 is 6.03 Å². The summed E-state index contributed by atoms with van der Waals surface area (Å²) in [4.78, 5) is 13.2. The van der Waals surface area contributed by atoms with Crippen molar-refractivity contribution in [3.8, 4) is 6.07 Å². The van der Waals surface area contributed by atoms with Crippen molar-refractivity contribution in [1.29, 1.82) is 5.26 Å². The lowest BCUT2D eigenvalue weighted by molar-refractivity contribution is 0.254. The number of aromatic nitrogens is 1. The summed E-state index contributed by atoms with van der Waals surface area (Å²) < 4.78 is 4.22. The summed E-state index contributed by atoms with van der Waals surface area (Å²) >= 11 is 1.12. The fourth-order valence-electron chi connectivity index (χ4n) is 1.37. The number of anilines is 2. The first-order chi connectivity index (χ1) is 8.17. The van der Waals surface area contributed by atoms with Gasteiger partial charge in [-0.05, 0) is 25.4 Å². The highest BCUT2D eigenvalue weighted by molar-refractivity contribution is 7.11. The van der Waals surface area contributed by atoms with Crippen LogP contribution in [0, 0.1) is 11.3 Å². The van der Waals surface area contributed by atoms with Gasteiger partial charge in [0, 0.05) is 20.1 Å². The summed E-state index contributed by atoms with van der Waals surface area (Å²) in [6, 6.07) is 1.74. The summed E-state index contributed by atoms with van der Waals surface area (Å²) in [5.74, 6) is 0.633. The molecule has 0 bridgehead atoms. The number of hydrogen-bond donors (Lipinski definition) is 2. The van der Waals surface area contributed by atoms with Gasteiger partial charge in [0.25, 0.3) is 0 Å². The maximum Gasteiger partial charge on any atom is 0.319 e. The van der Waals surface area contributed by atoms with Crippen LogP contribution < -0.4 is 15.5 Å². The first kappa shape index (κ1) is 13.3. The zero-order chi connectivity index (χ0) is 12.8. The molecule has 7 heteroatoms. The number of carbonyl (C=O) groups excluding carboxylic acids is 1. The number of carbonyl (C=O) groups is 1. The van der Waals surface area contributed by atoms with Crippen molar-refractivity contribution in [2.24, 2.45) is 0 Å². The minimum Gasteiger partial charge on any atom is -0.355 e. The fourth-order valence-corrected chi connectivity index (χ4v) is 2.12. The molecule has 1 aromatic heterocycles. The van der Waals surface area contributed by atoms with Crippen molar-refractivity contribution < 1.29 is 4.79 Å². The molecule has 0 fully saturated rings. The number of amides is 2. The summed E-state index contributed by atoms with van der Waals surface area (Å²) in [6.07, 6.45) is 0. The molecule has 0 aliphatic carbocycles. The Labute approximate surface area is 104 Å². The maximum absolute atomic E-state index is 11.2. The minimum atomic E-state index is -0.351. The quantitative estimate of drug-likeness (QED) is 0.854. The highest BCUT2D eigenvalue weighted by atomic mass is 32.1. The van der Waals surface area contributed by atoms with E-state index >= 15 is 0 Å². The Balaban J connectivity index is 3.03. The molecule has 0 aliphatic heterocycles. The molecule has 2 amide bonds. The highest BCUT2D eigenvalue weighted by Gasteiger charge is 2.18. The SMILES string of the molecule is CCN(CC)c1nsc(NC(=O)NC)c1C#N. The third-order valence-electron chi connectivity index (χ3n) is 2.30. The van der Waals surface area contributed by atoms with Crippen molar-refractivity contribution in [1.82, 2.24) is 9.69 Å². The molecular formula is C10H15N5OS. The van der Waals surface area contributed by atoms with Crippen LogP contribution in [0.4, 0.5) is 15.6 Å². The molecule has 1 rings (SSSR count). The van der Waals surface area contributed by atoms with Crippen molar-refractivity contribution in [3.05, 3.63) is 5.56 Å². The first-order valence-corrected chi connectivity index (χ1v) is 6.08. The Morgan fingerprint density at radius 2 is 2.18 bits per heavy atom. The van der Waals surface area contributed by atoms with E-state index in [0.29, 0.717) is 16.4 Å². The predicted octanol–water partition coefficient (Wildman–Crippen LogP) is 1.61. The van der Waals surface area contributed by atoms with E-state index in [4.69, 9.17) is 5.26 Å². The molecule has 0 aromatic carbocycles. The number of hydrogen-bond acceptors (Lipinski definition) is 5. The Hall–Kier alpha value is -1.81. The second-order valence-corrected chi connectivity index (χ2v) is 3.97. The lowest BCUT2D eigenvalue weighted by Gasteiger charge is -2.17. The number of urea groups is 1. The van der Waals surface area contributed by atoms with Gasteiger partial charge in [0.05, 0.1) is 0 Å². The maximum atomic E-state index is 11.2. The van der Waals surface area contributed by atoms with E-state index in [1.165, 1.54) is 7.05 Å². The largest absolute Gasteiger partial charge is 0.355 e. The Kier molecular flexibility index (Phi) is 4.72. The van der Waals surface area contributed by atoms with Gasteiger partial charge in [-0.3, -0.25) is 5.32 Å². The zero-order valence-corrected chi connectivity index (χ0v) is 10.9. The predicted molar refractivity (Wildman–Crippen MR) is 68.5 cm³/mol. The molecule has 0 spiro atoms. The van der Waals surface area contributed by atoms with Crippen LogP contribution in [0.15, 0.2) is 0 Å². The van der Waals surface area contributed by atoms with E-state index in [-0.39, 0.29) is 6.03 Å². The smallest absolute Gasteiger partial charge is 0.319 e. The summed E-state index contributed by atoms with van der Waals surface area (Å²) in [6.45, 7) is 5.54. The molecule has 0 atom stereocenters. The van der Waals surface area contributed by atoms with Crippen LogP contribution in [0.2, 0.25) is 0 Å². The Bertz CT molecular complexity index is 432. The molecular weight excluding hydrogens is 238 g/mol. The zero-order valence-electron chi connectivity index (χ0n) is 10.1. The lowest BCUT2D eigenvalue weighted by Crippen LogP contribution is -2.25. The van der Waals surface area contributed by atoms with Crippen LogP contribution in [0.1, 0.15) is 19.4 Å². The van der Waals surface area contributed by atoms with Gasteiger partial charge in [-0.15, -0.1) is 0 Å². The van der Waals surface area contributed by atoms with Gasteiger partial charge in [-0.2, -0.15) is 9.64 Å². The molecule has 0 unspecified atom stereocenters. The molecule has 6 nitrogen and oxygen atoms in total. The van der Waals surface area contributed by atoms with Crippen LogP contribution in [-0.4, -0.2) is 30.5 Å². The van der Waals surface area contributed by atoms with E-state index < -0.39 is 0 Å². The third kappa shape index (κ3) is 2.85. The lowest BCUT2D eigenvalue weighted by atomic mass is 10.3. The van der Waals surface area contributed by atoms with E-state index in [1.807, 2.05) is 18.7 Å². The number of rotatable bonds is 4. The molecule has 1 heterocycles. The van der Waals surface area contributed by atoms with Gasteiger partial charge in [0.2, 0.25) is 0 Å². The third-order valence-corrected chi connectivity index (χ3v) is 3.06. The van der Waals surface area contributed by atoms with E-state index in [9.17, 15) is 4.79 Å². The van der Waals surface area contributed by atoms with Crippen molar-refractivity contribution in [2.75, 3.05) is 30.4 Å². The fraction of sp³-hybridized carbons (Fsp3) is 0.500. The average molecular weight is 253 g/mol. The van der Waals surface area contributed by atoms with Crippen LogP contribution in [0.3, 0.4) is 0 Å². The van der Waals surface area contributed by atoms with Crippen molar-refractivity contribution >= 4 is 28.4 Å². The topological polar surface area (TPSA) is 81.1 Å². The van der Waals surface area contributed by atoms with E-state index in [0.717, 1.165) is 24.6 Å².